The van der Waals surface area contributed by atoms with E-state index >= 15 is 0 Å². The molecular formula is C28H33O2P. The zero-order chi connectivity index (χ0) is 22.2. The number of hydrogen-bond donors (Lipinski definition) is 0. The van der Waals surface area contributed by atoms with Crippen LogP contribution in [-0.2, 0) is 10.8 Å². The predicted octanol–water partition coefficient (Wildman–Crippen LogP) is 8.14. The molecule has 0 saturated carbocycles. The van der Waals surface area contributed by atoms with E-state index in [0.29, 0.717) is 0 Å². The van der Waals surface area contributed by atoms with Gasteiger partial charge in [-0.3, -0.25) is 0 Å². The van der Waals surface area contributed by atoms with E-state index in [9.17, 15) is 0 Å². The normalized spacial score (nSPS) is 15.6. The molecule has 1 atom stereocenters. The highest BCUT2D eigenvalue weighted by atomic mass is 31.2. The molecular weight excluding hydrogens is 399 g/mol. The van der Waals surface area contributed by atoms with Crippen LogP contribution in [0.5, 0.6) is 11.5 Å². The second kappa shape index (κ2) is 8.32. The van der Waals surface area contributed by atoms with E-state index in [0.717, 1.165) is 35.2 Å². The smallest absolute Gasteiger partial charge is 0.326 e. The molecule has 0 N–H and O–H groups in total. The van der Waals surface area contributed by atoms with Gasteiger partial charge in [0.25, 0.3) is 0 Å². The van der Waals surface area contributed by atoms with Gasteiger partial charge in [0.15, 0.2) is 0 Å². The zero-order valence-corrected chi connectivity index (χ0v) is 20.4. The standard InChI is InChI=1S/C28H33O2P/c1-7-27(3,4)20-17-18-25(23(19-20)28(5,6)8-2)30-31-26-16-12-10-14-22(26)21-13-9-11-15-24(21)29-31/h9-19H,7-8H2,1-6H3. The van der Waals surface area contributed by atoms with E-state index in [-0.39, 0.29) is 10.8 Å². The van der Waals surface area contributed by atoms with Crippen LogP contribution in [0.4, 0.5) is 0 Å². The molecule has 0 fully saturated rings. The average Bonchev–Trinajstić information content (AvgIpc) is 2.79. The fraction of sp³-hybridized carbons (Fsp3) is 0.357. The van der Waals surface area contributed by atoms with Gasteiger partial charge in [-0.2, -0.15) is 0 Å². The number of rotatable bonds is 6. The summed E-state index contributed by atoms with van der Waals surface area (Å²) >= 11 is 0. The lowest BCUT2D eigenvalue weighted by molar-refractivity contribution is 0.453. The van der Waals surface area contributed by atoms with Gasteiger partial charge in [0.05, 0.1) is 5.30 Å². The lowest BCUT2D eigenvalue weighted by Crippen LogP contribution is -2.22. The van der Waals surface area contributed by atoms with E-state index < -0.39 is 8.38 Å². The van der Waals surface area contributed by atoms with E-state index in [4.69, 9.17) is 9.05 Å². The van der Waals surface area contributed by atoms with E-state index in [1.54, 1.807) is 0 Å². The molecule has 3 aromatic carbocycles. The van der Waals surface area contributed by atoms with Crippen LogP contribution in [0.25, 0.3) is 11.1 Å². The summed E-state index contributed by atoms with van der Waals surface area (Å²) in [4.78, 5) is 0. The molecule has 4 rings (SSSR count). The molecule has 162 valence electrons. The second-order valence-electron chi connectivity index (χ2n) is 9.64. The van der Waals surface area contributed by atoms with Crippen molar-refractivity contribution in [2.75, 3.05) is 0 Å². The van der Waals surface area contributed by atoms with E-state index in [2.05, 4.69) is 96.1 Å². The maximum atomic E-state index is 6.70. The van der Waals surface area contributed by atoms with Gasteiger partial charge in [-0.25, -0.2) is 0 Å². The van der Waals surface area contributed by atoms with Gasteiger partial charge in [-0.1, -0.05) is 90.1 Å². The molecule has 0 bridgehead atoms. The Hall–Kier alpha value is -2.31. The van der Waals surface area contributed by atoms with Gasteiger partial charge in [0, 0.05) is 11.1 Å². The Morgan fingerprint density at radius 2 is 1.42 bits per heavy atom. The molecule has 1 unspecified atom stereocenters. The minimum absolute atomic E-state index is 0.0116. The van der Waals surface area contributed by atoms with Crippen molar-refractivity contribution in [2.45, 2.75) is 65.2 Å². The summed E-state index contributed by atoms with van der Waals surface area (Å²) in [6.45, 7) is 13.7. The molecule has 3 aromatic rings. The fourth-order valence-corrected chi connectivity index (χ4v) is 5.39. The highest BCUT2D eigenvalue weighted by molar-refractivity contribution is 7.57. The van der Waals surface area contributed by atoms with Crippen LogP contribution in [-0.4, -0.2) is 0 Å². The topological polar surface area (TPSA) is 18.5 Å². The summed E-state index contributed by atoms with van der Waals surface area (Å²) in [6.07, 6.45) is 2.14. The third-order valence-electron chi connectivity index (χ3n) is 6.90. The Morgan fingerprint density at radius 3 is 2.13 bits per heavy atom. The Kier molecular flexibility index (Phi) is 5.88. The van der Waals surface area contributed by atoms with Gasteiger partial charge in [-0.15, -0.1) is 0 Å². The minimum Gasteiger partial charge on any atom is -0.435 e. The van der Waals surface area contributed by atoms with E-state index in [1.165, 1.54) is 16.7 Å². The first kappa shape index (κ1) is 21.9. The largest absolute Gasteiger partial charge is 0.435 e. The molecule has 1 aliphatic heterocycles. The summed E-state index contributed by atoms with van der Waals surface area (Å²) in [5.74, 6) is 1.83. The Balaban J connectivity index is 1.78. The SMILES string of the molecule is CCC(C)(C)c1ccc(OP2Oc3ccccc3-c3ccccc32)c(C(C)(C)CC)c1. The summed E-state index contributed by atoms with van der Waals surface area (Å²) < 4.78 is 13.1. The summed E-state index contributed by atoms with van der Waals surface area (Å²) in [7, 11) is -1.26. The lowest BCUT2D eigenvalue weighted by Gasteiger charge is -2.32. The van der Waals surface area contributed by atoms with Crippen LogP contribution in [0.3, 0.4) is 0 Å². The van der Waals surface area contributed by atoms with Crippen LogP contribution in [0.1, 0.15) is 65.5 Å². The lowest BCUT2D eigenvalue weighted by atomic mass is 9.76. The first-order valence-corrected chi connectivity index (χ1v) is 12.4. The number of benzene rings is 3. The van der Waals surface area contributed by atoms with Crippen molar-refractivity contribution >= 4 is 13.7 Å². The molecule has 0 aliphatic carbocycles. The fourth-order valence-electron chi connectivity index (χ4n) is 3.88. The van der Waals surface area contributed by atoms with Crippen molar-refractivity contribution in [1.29, 1.82) is 0 Å². The van der Waals surface area contributed by atoms with Crippen molar-refractivity contribution in [1.82, 2.24) is 0 Å². The number of hydrogen-bond acceptors (Lipinski definition) is 2. The first-order chi connectivity index (χ1) is 14.8. The van der Waals surface area contributed by atoms with Gasteiger partial charge in [0.1, 0.15) is 11.5 Å². The molecule has 0 aromatic heterocycles. The molecule has 1 heterocycles. The predicted molar refractivity (Wildman–Crippen MR) is 133 cm³/mol. The maximum absolute atomic E-state index is 6.70. The van der Waals surface area contributed by atoms with Crippen molar-refractivity contribution < 1.29 is 9.05 Å². The number of fused-ring (bicyclic) bond motifs is 3. The Morgan fingerprint density at radius 1 is 0.774 bits per heavy atom. The van der Waals surface area contributed by atoms with Crippen LogP contribution >= 0.6 is 8.38 Å². The molecule has 2 nitrogen and oxygen atoms in total. The summed E-state index contributed by atoms with van der Waals surface area (Å²) in [5.41, 5.74) is 5.11. The summed E-state index contributed by atoms with van der Waals surface area (Å²) in [6, 6.07) is 23.4. The Labute approximate surface area is 188 Å². The van der Waals surface area contributed by atoms with Crippen LogP contribution in [0.2, 0.25) is 0 Å². The molecule has 0 spiro atoms. The minimum atomic E-state index is -1.26. The van der Waals surface area contributed by atoms with Crippen LogP contribution < -0.4 is 14.4 Å². The van der Waals surface area contributed by atoms with Crippen molar-refractivity contribution in [3.8, 4) is 22.6 Å². The molecule has 1 aliphatic rings. The van der Waals surface area contributed by atoms with Crippen molar-refractivity contribution in [2.24, 2.45) is 0 Å². The molecule has 0 amide bonds. The van der Waals surface area contributed by atoms with E-state index in [1.807, 2.05) is 12.1 Å². The quantitative estimate of drug-likeness (QED) is 0.366. The molecule has 0 radical (unpaired) electrons. The van der Waals surface area contributed by atoms with Crippen LogP contribution in [0, 0.1) is 0 Å². The second-order valence-corrected chi connectivity index (χ2v) is 11.0. The van der Waals surface area contributed by atoms with Gasteiger partial charge in [0.2, 0.25) is 0 Å². The monoisotopic (exact) mass is 432 g/mol. The highest BCUT2D eigenvalue weighted by Crippen LogP contribution is 2.51. The van der Waals surface area contributed by atoms with Crippen molar-refractivity contribution in [3.05, 3.63) is 77.9 Å². The maximum Gasteiger partial charge on any atom is 0.326 e. The zero-order valence-electron chi connectivity index (χ0n) is 19.5. The van der Waals surface area contributed by atoms with Crippen LogP contribution in [0.15, 0.2) is 66.7 Å². The van der Waals surface area contributed by atoms with Crippen molar-refractivity contribution in [3.63, 3.8) is 0 Å². The molecule has 3 heteroatoms. The molecule has 31 heavy (non-hydrogen) atoms. The number of para-hydroxylation sites is 1. The summed E-state index contributed by atoms with van der Waals surface area (Å²) in [5, 5.41) is 1.13. The highest BCUT2D eigenvalue weighted by Gasteiger charge is 2.32. The third kappa shape index (κ3) is 4.11. The van der Waals surface area contributed by atoms with Gasteiger partial charge >= 0.3 is 8.38 Å². The third-order valence-corrected chi connectivity index (χ3v) is 8.41. The average molecular weight is 433 g/mol. The molecule has 0 saturated heterocycles. The van der Waals surface area contributed by atoms with Gasteiger partial charge < -0.3 is 9.05 Å². The Bertz CT molecular complexity index is 1080. The van der Waals surface area contributed by atoms with Gasteiger partial charge in [-0.05, 0) is 53.0 Å². The first-order valence-electron chi connectivity index (χ1n) is 11.3.